The molecule has 0 unspecified atom stereocenters. The smallest absolute Gasteiger partial charge is 0.228 e. The number of aryl methyl sites for hydroxylation is 1. The molecular formula is C14H10N4O. The molecule has 5 heteroatoms. The largest absolute Gasteiger partial charge is 0.326 e. The molecule has 1 amide bonds. The molecule has 1 aliphatic rings. The number of rotatable bonds is 1. The van der Waals surface area contributed by atoms with Gasteiger partial charge in [0.2, 0.25) is 5.91 Å². The van der Waals surface area contributed by atoms with Crippen molar-refractivity contribution < 1.29 is 4.79 Å². The van der Waals surface area contributed by atoms with Gasteiger partial charge < -0.3 is 5.32 Å². The van der Waals surface area contributed by atoms with Crippen LogP contribution in [0, 0.1) is 18.3 Å². The highest BCUT2D eigenvalue weighted by Gasteiger charge is 2.18. The van der Waals surface area contributed by atoms with Gasteiger partial charge in [0.15, 0.2) is 0 Å². The average molecular weight is 250 g/mol. The van der Waals surface area contributed by atoms with Crippen LogP contribution in [0.5, 0.6) is 0 Å². The summed E-state index contributed by atoms with van der Waals surface area (Å²) in [5, 5.41) is 11.7. The first-order valence-electron chi connectivity index (χ1n) is 5.84. The molecule has 5 nitrogen and oxygen atoms in total. The lowest BCUT2D eigenvalue weighted by Crippen LogP contribution is -2.03. The van der Waals surface area contributed by atoms with E-state index in [1.54, 1.807) is 13.0 Å². The van der Waals surface area contributed by atoms with Gasteiger partial charge in [0, 0.05) is 17.3 Å². The Hall–Kier alpha value is -2.74. The first-order valence-corrected chi connectivity index (χ1v) is 5.84. The third-order valence-electron chi connectivity index (χ3n) is 2.98. The van der Waals surface area contributed by atoms with Gasteiger partial charge in [0.05, 0.1) is 12.1 Å². The predicted molar refractivity (Wildman–Crippen MR) is 69.3 cm³/mol. The molecule has 0 radical (unpaired) electrons. The van der Waals surface area contributed by atoms with Crippen molar-refractivity contribution in [2.45, 2.75) is 13.3 Å². The van der Waals surface area contributed by atoms with Crippen LogP contribution in [0.2, 0.25) is 0 Å². The van der Waals surface area contributed by atoms with Crippen molar-refractivity contribution in [2.24, 2.45) is 0 Å². The average Bonchev–Trinajstić information content (AvgIpc) is 2.76. The number of benzene rings is 1. The van der Waals surface area contributed by atoms with Crippen molar-refractivity contribution in [1.82, 2.24) is 9.97 Å². The van der Waals surface area contributed by atoms with Crippen LogP contribution >= 0.6 is 0 Å². The Bertz CT molecular complexity index is 731. The van der Waals surface area contributed by atoms with Gasteiger partial charge in [0.25, 0.3) is 0 Å². The lowest BCUT2D eigenvalue weighted by molar-refractivity contribution is -0.115. The van der Waals surface area contributed by atoms with E-state index >= 15 is 0 Å². The summed E-state index contributed by atoms with van der Waals surface area (Å²) in [5.41, 5.74) is 3.73. The first-order chi connectivity index (χ1) is 9.15. The molecule has 3 rings (SSSR count). The second-order valence-corrected chi connectivity index (χ2v) is 4.39. The summed E-state index contributed by atoms with van der Waals surface area (Å²) in [5.74, 6) is 0.562. The molecule has 0 aliphatic carbocycles. The fourth-order valence-corrected chi connectivity index (χ4v) is 2.16. The third-order valence-corrected chi connectivity index (χ3v) is 2.98. The minimum absolute atomic E-state index is 0.00346. The van der Waals surface area contributed by atoms with E-state index in [9.17, 15) is 4.79 Å². The van der Waals surface area contributed by atoms with E-state index in [0.717, 1.165) is 16.8 Å². The number of nitriles is 1. The number of aromatic nitrogens is 2. The van der Waals surface area contributed by atoms with Gasteiger partial charge >= 0.3 is 0 Å². The second-order valence-electron chi connectivity index (χ2n) is 4.39. The lowest BCUT2D eigenvalue weighted by atomic mass is 10.1. The number of nitrogens with one attached hydrogen (secondary N) is 1. The van der Waals surface area contributed by atoms with E-state index in [2.05, 4.69) is 15.3 Å². The van der Waals surface area contributed by atoms with Crippen LogP contribution in [0.15, 0.2) is 24.3 Å². The molecule has 0 fully saturated rings. The van der Waals surface area contributed by atoms with Gasteiger partial charge in [-0.05, 0) is 24.6 Å². The molecular weight excluding hydrogens is 240 g/mol. The van der Waals surface area contributed by atoms with Crippen molar-refractivity contribution >= 4 is 11.6 Å². The van der Waals surface area contributed by atoms with Crippen LogP contribution in [0.1, 0.15) is 17.1 Å². The number of amides is 1. The summed E-state index contributed by atoms with van der Waals surface area (Å²) in [6, 6.07) is 9.34. The summed E-state index contributed by atoms with van der Waals surface area (Å²) < 4.78 is 0. The van der Waals surface area contributed by atoms with Crippen molar-refractivity contribution in [3.05, 3.63) is 41.3 Å². The van der Waals surface area contributed by atoms with Crippen LogP contribution in [0.25, 0.3) is 11.3 Å². The fraction of sp³-hybridized carbons (Fsp3) is 0.143. The molecule has 1 aliphatic heterocycles. The quantitative estimate of drug-likeness (QED) is 0.837. The molecule has 0 saturated heterocycles. The Labute approximate surface area is 109 Å². The van der Waals surface area contributed by atoms with Crippen molar-refractivity contribution in [3.63, 3.8) is 0 Å². The highest BCUT2D eigenvalue weighted by molar-refractivity contribution is 5.99. The molecule has 19 heavy (non-hydrogen) atoms. The Morgan fingerprint density at radius 3 is 2.95 bits per heavy atom. The Balaban J connectivity index is 2.09. The first kappa shape index (κ1) is 11.4. The summed E-state index contributed by atoms with van der Waals surface area (Å²) in [4.78, 5) is 19.7. The van der Waals surface area contributed by atoms with E-state index < -0.39 is 0 Å². The van der Waals surface area contributed by atoms with Gasteiger partial charge in [-0.25, -0.2) is 9.97 Å². The number of carbonyl (C=O) groups is 1. The topological polar surface area (TPSA) is 78.7 Å². The van der Waals surface area contributed by atoms with Crippen LogP contribution in [-0.4, -0.2) is 15.9 Å². The molecule has 1 N–H and O–H groups in total. The highest BCUT2D eigenvalue weighted by Crippen LogP contribution is 2.28. The zero-order valence-corrected chi connectivity index (χ0v) is 10.3. The summed E-state index contributed by atoms with van der Waals surface area (Å²) in [6.45, 7) is 1.75. The van der Waals surface area contributed by atoms with Gasteiger partial charge in [-0.3, -0.25) is 4.79 Å². The Kier molecular flexibility index (Phi) is 2.50. The summed E-state index contributed by atoms with van der Waals surface area (Å²) in [7, 11) is 0. The monoisotopic (exact) mass is 250 g/mol. The van der Waals surface area contributed by atoms with Gasteiger partial charge in [-0.1, -0.05) is 6.07 Å². The van der Waals surface area contributed by atoms with Gasteiger partial charge in [-0.2, -0.15) is 5.26 Å². The molecule has 2 heterocycles. The number of carbonyl (C=O) groups excluding carboxylic acids is 1. The van der Waals surface area contributed by atoms with Crippen molar-refractivity contribution in [2.75, 3.05) is 5.32 Å². The lowest BCUT2D eigenvalue weighted by Gasteiger charge is -2.05. The van der Waals surface area contributed by atoms with E-state index in [4.69, 9.17) is 5.26 Å². The number of hydrogen-bond donors (Lipinski definition) is 1. The van der Waals surface area contributed by atoms with Gasteiger partial charge in [0.1, 0.15) is 17.6 Å². The zero-order chi connectivity index (χ0) is 13.4. The highest BCUT2D eigenvalue weighted by atomic mass is 16.1. The summed E-state index contributed by atoms with van der Waals surface area (Å²) >= 11 is 0. The predicted octanol–water partition coefficient (Wildman–Crippen LogP) is 1.82. The summed E-state index contributed by atoms with van der Waals surface area (Å²) in [6.07, 6.45) is 0.387. The zero-order valence-electron chi connectivity index (χ0n) is 10.3. The van der Waals surface area contributed by atoms with Crippen LogP contribution < -0.4 is 5.32 Å². The third kappa shape index (κ3) is 2.04. The van der Waals surface area contributed by atoms with E-state index in [1.807, 2.05) is 24.3 Å². The van der Waals surface area contributed by atoms with E-state index in [1.165, 1.54) is 0 Å². The van der Waals surface area contributed by atoms with E-state index in [0.29, 0.717) is 23.6 Å². The van der Waals surface area contributed by atoms with Crippen LogP contribution in [0.4, 0.5) is 5.69 Å². The number of anilines is 1. The standard InChI is InChI=1S/C14H10N4O/c1-8-16-11(7-15)6-13(17-8)9-2-3-12-10(4-9)5-14(19)18-12/h2-4,6H,5H2,1H3,(H,18,19). The molecule has 92 valence electrons. The van der Waals surface area contributed by atoms with Crippen LogP contribution in [-0.2, 0) is 11.2 Å². The molecule has 0 saturated carbocycles. The molecule has 1 aromatic carbocycles. The SMILES string of the molecule is Cc1nc(C#N)cc(-c2ccc3c(c2)CC(=O)N3)n1. The molecule has 1 aromatic heterocycles. The Morgan fingerprint density at radius 2 is 2.16 bits per heavy atom. The minimum Gasteiger partial charge on any atom is -0.326 e. The second kappa shape index (κ2) is 4.18. The van der Waals surface area contributed by atoms with Gasteiger partial charge in [-0.15, -0.1) is 0 Å². The van der Waals surface area contributed by atoms with E-state index in [-0.39, 0.29) is 5.91 Å². The Morgan fingerprint density at radius 1 is 1.32 bits per heavy atom. The number of hydrogen-bond acceptors (Lipinski definition) is 4. The minimum atomic E-state index is 0.00346. The maximum absolute atomic E-state index is 11.3. The number of nitrogens with zero attached hydrogens (tertiary/aromatic N) is 3. The normalized spacial score (nSPS) is 12.7. The fourth-order valence-electron chi connectivity index (χ4n) is 2.16. The molecule has 0 atom stereocenters. The van der Waals surface area contributed by atoms with Crippen LogP contribution in [0.3, 0.4) is 0 Å². The van der Waals surface area contributed by atoms with Crippen molar-refractivity contribution in [1.29, 1.82) is 5.26 Å². The maximum atomic E-state index is 11.3. The maximum Gasteiger partial charge on any atom is 0.228 e. The molecule has 0 bridgehead atoms. The molecule has 2 aromatic rings. The molecule has 0 spiro atoms. The van der Waals surface area contributed by atoms with Crippen molar-refractivity contribution in [3.8, 4) is 17.3 Å². The number of fused-ring (bicyclic) bond motifs is 1.